The van der Waals surface area contributed by atoms with E-state index in [4.69, 9.17) is 42.0 Å². The van der Waals surface area contributed by atoms with Crippen LogP contribution in [0.1, 0.15) is 34.2 Å². The van der Waals surface area contributed by atoms with Gasteiger partial charge in [-0.3, -0.25) is 13.9 Å². The Morgan fingerprint density at radius 3 is 1.38 bits per heavy atom. The van der Waals surface area contributed by atoms with Crippen molar-refractivity contribution >= 4 is 33.1 Å². The minimum absolute atomic E-state index is 0.237. The van der Waals surface area contributed by atoms with Crippen LogP contribution < -0.4 is 16.0 Å². The van der Waals surface area contributed by atoms with E-state index < -0.39 is 157 Å². The number of hydrogen-bond donors (Lipinski definition) is 12. The standard InChI is InChI=1S/C59H75N3O23P2/c1-86(75,79-34-39-21-11-4-12-22-39)47(87(76,80-35-40-23-13-5-14-24-40)81-36-41-25-15-6-16-26-41)27-46(68)60-42(28-63)50(69)54(43(67)29-64)84-57-49(62-59(74)78-33-38-19-9-3-10-20-38)53(72)55(45(31-66)83-57)85-56-48(52(71)51(70)44(30-65)82-56)61-58(73)77-32-37-17-7-2-8-18-37/h2-26,42-45,47-57,63-67,69-72H,27-36H2,1H3,(H,60,68)(H,61,73)(H,62,74)/t42?,43?,44?,45?,47?,48?,49?,50-,51+,52-,53-,54+,55+,56+,57+,86?/m1/s1. The summed E-state index contributed by atoms with van der Waals surface area (Å²) in [6.45, 7) is -4.61. The second kappa shape index (κ2) is 33.5. The average Bonchev–Trinajstić information content (AvgIpc) is 3.63. The molecule has 2 aliphatic heterocycles. The van der Waals surface area contributed by atoms with Gasteiger partial charge in [0, 0.05) is 13.1 Å². The normalized spacial score (nSPS) is 24.7. The smallest absolute Gasteiger partial charge is 0.407 e. The van der Waals surface area contributed by atoms with Gasteiger partial charge in [-0.05, 0) is 27.8 Å². The van der Waals surface area contributed by atoms with Gasteiger partial charge in [0.15, 0.2) is 12.6 Å². The lowest BCUT2D eigenvalue weighted by molar-refractivity contribution is -0.341. The summed E-state index contributed by atoms with van der Waals surface area (Å²) in [5.74, 6) is -1.12. The van der Waals surface area contributed by atoms with E-state index in [0.29, 0.717) is 27.8 Å². The Morgan fingerprint density at radius 2 is 0.954 bits per heavy atom. The highest BCUT2D eigenvalue weighted by atomic mass is 31.2. The zero-order valence-electron chi connectivity index (χ0n) is 47.3. The van der Waals surface area contributed by atoms with Crippen LogP contribution in [-0.2, 0) is 89.0 Å². The largest absolute Gasteiger partial charge is 0.445 e. The predicted molar refractivity (Wildman–Crippen MR) is 308 cm³/mol. The number of rotatable bonds is 31. The summed E-state index contributed by atoms with van der Waals surface area (Å²) < 4.78 is 83.3. The van der Waals surface area contributed by atoms with Gasteiger partial charge >= 0.3 is 19.8 Å². The molecular weight excluding hydrogens is 1180 g/mol. The molecule has 0 aliphatic carbocycles. The number of amides is 3. The van der Waals surface area contributed by atoms with E-state index >= 15 is 4.57 Å². The van der Waals surface area contributed by atoms with Gasteiger partial charge in [-0.2, -0.15) is 0 Å². The lowest BCUT2D eigenvalue weighted by atomic mass is 9.94. The van der Waals surface area contributed by atoms with Gasteiger partial charge in [-0.1, -0.05) is 152 Å². The first-order valence-corrected chi connectivity index (χ1v) is 31.5. The van der Waals surface area contributed by atoms with Gasteiger partial charge in [-0.25, -0.2) is 9.59 Å². The van der Waals surface area contributed by atoms with Crippen molar-refractivity contribution in [1.82, 2.24) is 16.0 Å². The first kappa shape index (κ1) is 68.4. The predicted octanol–water partition coefficient (Wildman–Crippen LogP) is 2.52. The molecule has 2 saturated heterocycles. The molecule has 2 heterocycles. The highest BCUT2D eigenvalue weighted by molar-refractivity contribution is 7.74. The summed E-state index contributed by atoms with van der Waals surface area (Å²) in [6, 6.07) is 36.9. The molecule has 2 fully saturated rings. The van der Waals surface area contributed by atoms with Crippen LogP contribution in [0.3, 0.4) is 0 Å². The lowest BCUT2D eigenvalue weighted by Gasteiger charge is -2.48. The topological polar surface area (TPSA) is 387 Å². The summed E-state index contributed by atoms with van der Waals surface area (Å²) in [5, 5.41) is 105. The Morgan fingerprint density at radius 1 is 0.540 bits per heavy atom. The van der Waals surface area contributed by atoms with E-state index in [1.54, 1.807) is 152 Å². The summed E-state index contributed by atoms with van der Waals surface area (Å²) >= 11 is 0. The van der Waals surface area contributed by atoms with Gasteiger partial charge < -0.3 is 104 Å². The van der Waals surface area contributed by atoms with E-state index in [-0.39, 0.29) is 33.0 Å². The number of hydrogen-bond acceptors (Lipinski definition) is 23. The molecule has 0 saturated carbocycles. The fourth-order valence-corrected chi connectivity index (χ4v) is 14.7. The van der Waals surface area contributed by atoms with Crippen LogP contribution in [0, 0.1) is 0 Å². The van der Waals surface area contributed by atoms with Crippen molar-refractivity contribution in [3.8, 4) is 0 Å². The lowest BCUT2D eigenvalue weighted by Crippen LogP contribution is -2.70. The Labute approximate surface area is 501 Å². The number of benzene rings is 5. The van der Waals surface area contributed by atoms with Crippen molar-refractivity contribution < 1.29 is 111 Å². The second-order valence-electron chi connectivity index (χ2n) is 20.6. The molecule has 28 heteroatoms. The zero-order valence-corrected chi connectivity index (χ0v) is 49.1. The van der Waals surface area contributed by atoms with Crippen LogP contribution in [0.2, 0.25) is 0 Å². The highest BCUT2D eigenvalue weighted by Crippen LogP contribution is 2.70. The number of ether oxygens (including phenoxy) is 6. The van der Waals surface area contributed by atoms with Crippen LogP contribution in [-0.4, -0.2) is 188 Å². The maximum absolute atomic E-state index is 15.4. The molecule has 16 atom stereocenters. The summed E-state index contributed by atoms with van der Waals surface area (Å²) in [6.07, 6.45) is -25.0. The van der Waals surface area contributed by atoms with Crippen LogP contribution >= 0.6 is 15.0 Å². The van der Waals surface area contributed by atoms with E-state index in [1.165, 1.54) is 0 Å². The molecule has 87 heavy (non-hydrogen) atoms. The van der Waals surface area contributed by atoms with E-state index in [1.807, 2.05) is 0 Å². The van der Waals surface area contributed by atoms with Crippen molar-refractivity contribution in [2.45, 2.75) is 130 Å². The first-order chi connectivity index (χ1) is 41.9. The number of carbonyl (C=O) groups excluding carboxylic acids is 3. The summed E-state index contributed by atoms with van der Waals surface area (Å²) in [7, 11) is -9.07. The van der Waals surface area contributed by atoms with Crippen molar-refractivity contribution in [3.63, 3.8) is 0 Å². The second-order valence-corrected chi connectivity index (χ2v) is 25.9. The summed E-state index contributed by atoms with van der Waals surface area (Å²) in [5.41, 5.74) is 2.76. The minimum atomic E-state index is -4.76. The molecule has 7 rings (SSSR count). The Bertz CT molecular complexity index is 2920. The van der Waals surface area contributed by atoms with Crippen LogP contribution in [0.4, 0.5) is 9.59 Å². The molecule has 3 amide bonds. The molecule has 26 nitrogen and oxygen atoms in total. The molecule has 12 N–H and O–H groups in total. The zero-order chi connectivity index (χ0) is 62.5. The molecule has 0 spiro atoms. The highest BCUT2D eigenvalue weighted by Gasteiger charge is 2.54. The molecule has 5 aromatic rings. The summed E-state index contributed by atoms with van der Waals surface area (Å²) in [4.78, 5) is 41.3. The van der Waals surface area contributed by atoms with Gasteiger partial charge in [0.1, 0.15) is 85.6 Å². The first-order valence-electron chi connectivity index (χ1n) is 27.8. The van der Waals surface area contributed by atoms with Gasteiger partial charge in [0.05, 0.1) is 52.3 Å². The third kappa shape index (κ3) is 19.5. The van der Waals surface area contributed by atoms with Crippen LogP contribution in [0.15, 0.2) is 152 Å². The molecule has 5 aromatic carbocycles. The van der Waals surface area contributed by atoms with Gasteiger partial charge in [0.25, 0.3) is 0 Å². The van der Waals surface area contributed by atoms with Crippen LogP contribution in [0.5, 0.6) is 0 Å². The molecule has 8 unspecified atom stereocenters. The molecule has 2 aliphatic rings. The van der Waals surface area contributed by atoms with E-state index in [9.17, 15) is 64.9 Å². The van der Waals surface area contributed by atoms with Gasteiger partial charge in [-0.15, -0.1) is 0 Å². The molecule has 0 radical (unpaired) electrons. The monoisotopic (exact) mass is 1260 g/mol. The molecule has 0 bridgehead atoms. The number of aliphatic hydroxyl groups is 9. The van der Waals surface area contributed by atoms with Crippen molar-refractivity contribution in [1.29, 1.82) is 0 Å². The number of aliphatic hydroxyl groups excluding tert-OH is 9. The number of alkyl carbamates (subject to hydrolysis) is 2. The maximum Gasteiger partial charge on any atom is 0.407 e. The van der Waals surface area contributed by atoms with E-state index in [2.05, 4.69) is 16.0 Å². The Hall–Kier alpha value is -6.07. The number of nitrogens with one attached hydrogen (secondary N) is 3. The Balaban J connectivity index is 1.15. The van der Waals surface area contributed by atoms with Crippen LogP contribution in [0.25, 0.3) is 0 Å². The molecule has 474 valence electrons. The molecular formula is C59H75N3O23P2. The van der Waals surface area contributed by atoms with Crippen molar-refractivity contribution in [2.24, 2.45) is 0 Å². The third-order valence-electron chi connectivity index (χ3n) is 14.3. The fraction of sp³-hybridized carbons (Fsp3) is 0.441. The van der Waals surface area contributed by atoms with Crippen molar-refractivity contribution in [2.75, 3.05) is 33.1 Å². The number of carbonyl (C=O) groups is 3. The fourth-order valence-electron chi connectivity index (χ4n) is 9.45. The minimum Gasteiger partial charge on any atom is -0.445 e. The quantitative estimate of drug-likeness (QED) is 0.0284. The Kier molecular flexibility index (Phi) is 26.3. The average molecular weight is 1260 g/mol. The molecule has 0 aromatic heterocycles. The SMILES string of the molecule is CP(=O)(OCc1ccccc1)C(CC(=O)NC(CO)[C@@H](O)[C@@H](O[C@@H]1OC(CO)[C@H](O[C@@H]2OC(CO)[C@H](O)[C@H](O)C2NC(=O)OCc2ccccc2)[C@H](O)C1NC(=O)OCc1ccccc1)C(O)CO)P(=O)(OCc1ccccc1)OCc1ccccc1. The maximum atomic E-state index is 15.4. The van der Waals surface area contributed by atoms with Crippen molar-refractivity contribution in [3.05, 3.63) is 179 Å². The third-order valence-corrected chi connectivity index (χ3v) is 20.2. The van der Waals surface area contributed by atoms with Gasteiger partial charge in [0.2, 0.25) is 13.3 Å². The van der Waals surface area contributed by atoms with E-state index in [0.717, 1.165) is 6.66 Å².